The maximum absolute atomic E-state index is 12.8. The van der Waals surface area contributed by atoms with E-state index in [-0.39, 0.29) is 0 Å². The Bertz CT molecular complexity index is 1190. The lowest BCUT2D eigenvalue weighted by Crippen LogP contribution is -2.40. The molecule has 2 fully saturated rings. The summed E-state index contributed by atoms with van der Waals surface area (Å²) in [5, 5.41) is 2.61. The lowest BCUT2D eigenvalue weighted by Gasteiger charge is -2.26. The predicted octanol–water partition coefficient (Wildman–Crippen LogP) is 4.08. The second-order valence-electron chi connectivity index (χ2n) is 8.60. The molecule has 3 aromatic rings. The maximum Gasteiger partial charge on any atom is 0.243 e. The summed E-state index contributed by atoms with van der Waals surface area (Å²) in [6.45, 7) is 4.14. The van der Waals surface area contributed by atoms with Crippen LogP contribution in [0.25, 0.3) is 10.8 Å². The number of likely N-dealkylation sites (tertiary alicyclic amines) is 1. The molecule has 0 aromatic heterocycles. The number of hydrogen-bond donors (Lipinski definition) is 0. The molecule has 3 aromatic carbocycles. The lowest BCUT2D eigenvalue weighted by atomic mass is 9.97. The average Bonchev–Trinajstić information content (AvgIpc) is 3.33. The van der Waals surface area contributed by atoms with Gasteiger partial charge in [0.25, 0.3) is 0 Å². The van der Waals surface area contributed by atoms with Crippen molar-refractivity contribution in [1.82, 2.24) is 9.21 Å². The van der Waals surface area contributed by atoms with E-state index in [4.69, 9.17) is 9.47 Å². The largest absolute Gasteiger partial charge is 0.492 e. The van der Waals surface area contributed by atoms with E-state index in [0.717, 1.165) is 19.5 Å². The summed E-state index contributed by atoms with van der Waals surface area (Å²) in [5.74, 6) is 0.692. The molecule has 2 aliphatic heterocycles. The molecule has 0 amide bonds. The Balaban J connectivity index is 1.20. The first kappa shape index (κ1) is 22.3. The van der Waals surface area contributed by atoms with Gasteiger partial charge in [0.05, 0.1) is 18.1 Å². The van der Waals surface area contributed by atoms with Crippen molar-refractivity contribution in [3.8, 4) is 5.75 Å². The molecule has 2 heterocycles. The van der Waals surface area contributed by atoms with Gasteiger partial charge in [-0.25, -0.2) is 8.42 Å². The maximum atomic E-state index is 12.8. The van der Waals surface area contributed by atoms with Crippen molar-refractivity contribution in [3.63, 3.8) is 0 Å². The molecule has 0 spiro atoms. The number of sulfonamides is 1. The summed E-state index contributed by atoms with van der Waals surface area (Å²) in [5.41, 5.74) is 1.39. The van der Waals surface area contributed by atoms with Gasteiger partial charge >= 0.3 is 0 Å². The van der Waals surface area contributed by atoms with Crippen molar-refractivity contribution in [2.45, 2.75) is 23.8 Å². The van der Waals surface area contributed by atoms with E-state index >= 15 is 0 Å². The zero-order valence-electron chi connectivity index (χ0n) is 18.7. The van der Waals surface area contributed by atoms with Crippen molar-refractivity contribution >= 4 is 20.8 Å². The van der Waals surface area contributed by atoms with Gasteiger partial charge in [-0.1, -0.05) is 42.5 Å². The van der Waals surface area contributed by atoms with Crippen molar-refractivity contribution < 1.29 is 17.9 Å². The zero-order chi connectivity index (χ0) is 22.7. The number of ether oxygens (including phenoxy) is 2. The second-order valence-corrected chi connectivity index (χ2v) is 10.5. The van der Waals surface area contributed by atoms with Gasteiger partial charge in [0, 0.05) is 25.7 Å². The molecule has 0 N–H and O–H groups in total. The summed E-state index contributed by atoms with van der Waals surface area (Å²) in [6, 6.07) is 22.3. The third-order valence-electron chi connectivity index (χ3n) is 6.62. The highest BCUT2D eigenvalue weighted by molar-refractivity contribution is 7.89. The van der Waals surface area contributed by atoms with E-state index in [1.165, 1.54) is 27.1 Å². The molecule has 5 rings (SSSR count). The molecule has 0 aliphatic carbocycles. The van der Waals surface area contributed by atoms with Gasteiger partial charge in [-0.05, 0) is 60.0 Å². The molecule has 0 bridgehead atoms. The molecule has 33 heavy (non-hydrogen) atoms. The molecular weight excluding hydrogens is 436 g/mol. The van der Waals surface area contributed by atoms with Gasteiger partial charge in [-0.2, -0.15) is 4.31 Å². The first-order chi connectivity index (χ1) is 16.1. The van der Waals surface area contributed by atoms with Gasteiger partial charge in [0.15, 0.2) is 0 Å². The van der Waals surface area contributed by atoms with Gasteiger partial charge in [-0.3, -0.25) is 4.90 Å². The smallest absolute Gasteiger partial charge is 0.243 e. The van der Waals surface area contributed by atoms with Crippen molar-refractivity contribution in [2.24, 2.45) is 0 Å². The number of hydrogen-bond acceptors (Lipinski definition) is 5. The predicted molar refractivity (Wildman–Crippen MR) is 129 cm³/mol. The molecule has 174 valence electrons. The van der Waals surface area contributed by atoms with Crippen LogP contribution in [0.2, 0.25) is 0 Å². The standard InChI is InChI=1S/C26H30N2O4S/c29-33(30,28-16-18-31-19-17-28)23-12-10-22(11-13-23)32-20-15-27-14-4-9-26(27)25-8-3-6-21-5-1-2-7-24(21)25/h1-3,5-8,10-13,26H,4,9,14-20H2. The van der Waals surface area contributed by atoms with Crippen LogP contribution >= 0.6 is 0 Å². The Kier molecular flexibility index (Phi) is 6.64. The Morgan fingerprint density at radius 2 is 1.67 bits per heavy atom. The van der Waals surface area contributed by atoms with Crippen molar-refractivity contribution in [1.29, 1.82) is 0 Å². The highest BCUT2D eigenvalue weighted by Crippen LogP contribution is 2.35. The topological polar surface area (TPSA) is 59.1 Å². The van der Waals surface area contributed by atoms with E-state index < -0.39 is 10.0 Å². The summed E-state index contributed by atoms with van der Waals surface area (Å²) >= 11 is 0. The molecule has 1 unspecified atom stereocenters. The lowest BCUT2D eigenvalue weighted by molar-refractivity contribution is 0.0730. The molecule has 1 atom stereocenters. The van der Waals surface area contributed by atoms with Crippen LogP contribution in [0.4, 0.5) is 0 Å². The van der Waals surface area contributed by atoms with Gasteiger partial charge in [0.1, 0.15) is 12.4 Å². The zero-order valence-corrected chi connectivity index (χ0v) is 19.5. The van der Waals surface area contributed by atoms with Crippen LogP contribution in [0.1, 0.15) is 24.4 Å². The van der Waals surface area contributed by atoms with E-state index in [2.05, 4.69) is 47.4 Å². The quantitative estimate of drug-likeness (QED) is 0.525. The number of morpholine rings is 1. The highest BCUT2D eigenvalue weighted by atomic mass is 32.2. The van der Waals surface area contributed by atoms with E-state index in [1.807, 2.05) is 0 Å². The Morgan fingerprint density at radius 1 is 0.909 bits per heavy atom. The Morgan fingerprint density at radius 3 is 2.48 bits per heavy atom. The number of fused-ring (bicyclic) bond motifs is 1. The number of rotatable bonds is 7. The fraction of sp³-hybridized carbons (Fsp3) is 0.385. The summed E-state index contributed by atoms with van der Waals surface area (Å²) in [7, 11) is -3.48. The van der Waals surface area contributed by atoms with Crippen LogP contribution in [0.15, 0.2) is 71.6 Å². The summed E-state index contributed by atoms with van der Waals surface area (Å²) < 4.78 is 38.3. The van der Waals surface area contributed by atoms with Crippen LogP contribution in [0.3, 0.4) is 0 Å². The van der Waals surface area contributed by atoms with Gasteiger partial charge in [-0.15, -0.1) is 0 Å². The number of nitrogens with zero attached hydrogens (tertiary/aromatic N) is 2. The minimum Gasteiger partial charge on any atom is -0.492 e. The van der Waals surface area contributed by atoms with Crippen molar-refractivity contribution in [2.75, 3.05) is 46.0 Å². The summed E-state index contributed by atoms with van der Waals surface area (Å²) in [4.78, 5) is 2.80. The fourth-order valence-corrected chi connectivity index (χ4v) is 6.32. The van der Waals surface area contributed by atoms with Crippen LogP contribution in [0, 0.1) is 0 Å². The van der Waals surface area contributed by atoms with E-state index in [1.54, 1.807) is 24.3 Å². The van der Waals surface area contributed by atoms with Gasteiger partial charge in [0.2, 0.25) is 10.0 Å². The van der Waals surface area contributed by atoms with E-state index in [0.29, 0.717) is 49.6 Å². The van der Waals surface area contributed by atoms with E-state index in [9.17, 15) is 8.42 Å². The molecule has 6 nitrogen and oxygen atoms in total. The molecule has 2 saturated heterocycles. The highest BCUT2D eigenvalue weighted by Gasteiger charge is 2.28. The minimum atomic E-state index is -3.48. The van der Waals surface area contributed by atoms with Crippen LogP contribution in [-0.2, 0) is 14.8 Å². The Labute approximate surface area is 195 Å². The first-order valence-electron chi connectivity index (χ1n) is 11.7. The Hall–Kier alpha value is -2.45. The minimum absolute atomic E-state index is 0.298. The molecule has 2 aliphatic rings. The van der Waals surface area contributed by atoms with Crippen LogP contribution in [-0.4, -0.2) is 63.6 Å². The molecule has 0 saturated carbocycles. The second kappa shape index (κ2) is 9.81. The third kappa shape index (κ3) is 4.77. The van der Waals surface area contributed by atoms with Crippen LogP contribution < -0.4 is 4.74 Å². The fourth-order valence-electron chi connectivity index (χ4n) is 4.91. The average molecular weight is 467 g/mol. The first-order valence-corrected chi connectivity index (χ1v) is 13.1. The number of benzene rings is 3. The van der Waals surface area contributed by atoms with Crippen LogP contribution in [0.5, 0.6) is 5.75 Å². The van der Waals surface area contributed by atoms with Crippen molar-refractivity contribution in [3.05, 3.63) is 72.3 Å². The monoisotopic (exact) mass is 466 g/mol. The molecular formula is C26H30N2O4S. The normalized spacial score (nSPS) is 20.3. The summed E-state index contributed by atoms with van der Waals surface area (Å²) in [6.07, 6.45) is 2.34. The third-order valence-corrected chi connectivity index (χ3v) is 8.54. The van der Waals surface area contributed by atoms with Gasteiger partial charge < -0.3 is 9.47 Å². The molecule has 0 radical (unpaired) electrons. The molecule has 7 heteroatoms. The SMILES string of the molecule is O=S(=O)(c1ccc(OCCN2CCCC2c2cccc3ccccc23)cc1)N1CCOCC1.